The molecule has 2 N–H and O–H groups in total. The molecule has 3 nitrogen and oxygen atoms in total. The third kappa shape index (κ3) is 2.68. The summed E-state index contributed by atoms with van der Waals surface area (Å²) in [6, 6.07) is 4.20. The highest BCUT2D eigenvalue weighted by Gasteiger charge is 2.19. The van der Waals surface area contributed by atoms with E-state index >= 15 is 0 Å². The predicted molar refractivity (Wildman–Crippen MR) is 70.9 cm³/mol. The Morgan fingerprint density at radius 3 is 3.25 bits per heavy atom. The van der Waals surface area contributed by atoms with Gasteiger partial charge in [0.25, 0.3) is 0 Å². The summed E-state index contributed by atoms with van der Waals surface area (Å²) in [5, 5.41) is 0.767. The highest BCUT2D eigenvalue weighted by molar-refractivity contribution is 8.00. The molecule has 2 rings (SSSR count). The summed E-state index contributed by atoms with van der Waals surface area (Å²) >= 11 is 2.09. The normalized spacial score (nSPS) is 21.1. The molecule has 0 radical (unpaired) electrons. The third-order valence-corrected chi connectivity index (χ3v) is 4.34. The monoisotopic (exact) mass is 237 g/mol. The van der Waals surface area contributed by atoms with Crippen molar-refractivity contribution in [3.63, 3.8) is 0 Å². The van der Waals surface area contributed by atoms with Gasteiger partial charge < -0.3 is 10.6 Å². The summed E-state index contributed by atoms with van der Waals surface area (Å²) in [7, 11) is 0. The lowest BCUT2D eigenvalue weighted by atomic mass is 10.2. The number of nitrogens with zero attached hydrogens (tertiary/aromatic N) is 2. The fourth-order valence-corrected chi connectivity index (χ4v) is 3.15. The van der Waals surface area contributed by atoms with Crippen molar-refractivity contribution in [1.82, 2.24) is 4.98 Å². The molecule has 0 saturated carbocycles. The van der Waals surface area contributed by atoms with Crippen LogP contribution < -0.4 is 10.6 Å². The topological polar surface area (TPSA) is 42.2 Å². The Bertz CT molecular complexity index is 343. The van der Waals surface area contributed by atoms with Gasteiger partial charge >= 0.3 is 0 Å². The first-order chi connectivity index (χ1) is 7.83. The smallest absolute Gasteiger partial charge is 0.0560 e. The highest BCUT2D eigenvalue weighted by atomic mass is 32.2. The van der Waals surface area contributed by atoms with Gasteiger partial charge in [0.15, 0.2) is 0 Å². The van der Waals surface area contributed by atoms with Crippen molar-refractivity contribution in [3.8, 4) is 0 Å². The van der Waals surface area contributed by atoms with Gasteiger partial charge in [-0.3, -0.25) is 4.98 Å². The van der Waals surface area contributed by atoms with Crippen LogP contribution in [0.3, 0.4) is 0 Å². The number of anilines is 1. The number of hydrogen-bond donors (Lipinski definition) is 1. The van der Waals surface area contributed by atoms with Crippen molar-refractivity contribution in [1.29, 1.82) is 0 Å². The van der Waals surface area contributed by atoms with Gasteiger partial charge in [-0.2, -0.15) is 11.8 Å². The molecule has 0 spiro atoms. The zero-order valence-electron chi connectivity index (χ0n) is 9.72. The lowest BCUT2D eigenvalue weighted by molar-refractivity contribution is 0.727. The fourth-order valence-electron chi connectivity index (χ4n) is 1.97. The molecular formula is C12H19N3S. The van der Waals surface area contributed by atoms with Crippen LogP contribution in [0.1, 0.15) is 19.0 Å². The molecule has 2 heterocycles. The van der Waals surface area contributed by atoms with Crippen molar-refractivity contribution >= 4 is 17.4 Å². The first-order valence-corrected chi connectivity index (χ1v) is 6.90. The fraction of sp³-hybridized carbons (Fsp3) is 0.583. The molecule has 4 heteroatoms. The SMILES string of the molecule is CCC1CN(c2ccnc(CN)c2)CCS1. The molecule has 1 unspecified atom stereocenters. The number of nitrogens with two attached hydrogens (primary N) is 1. The Morgan fingerprint density at radius 1 is 1.62 bits per heavy atom. The summed E-state index contributed by atoms with van der Waals surface area (Å²) in [6.07, 6.45) is 3.11. The van der Waals surface area contributed by atoms with Crippen LogP contribution in [0.2, 0.25) is 0 Å². The summed E-state index contributed by atoms with van der Waals surface area (Å²) in [6.45, 7) is 5.07. The summed E-state index contributed by atoms with van der Waals surface area (Å²) in [5.74, 6) is 1.22. The number of pyridine rings is 1. The van der Waals surface area contributed by atoms with Crippen LogP contribution in [0.4, 0.5) is 5.69 Å². The minimum absolute atomic E-state index is 0.521. The van der Waals surface area contributed by atoms with E-state index in [1.165, 1.54) is 17.9 Å². The van der Waals surface area contributed by atoms with E-state index < -0.39 is 0 Å². The molecule has 0 aliphatic carbocycles. The summed E-state index contributed by atoms with van der Waals surface area (Å²) in [5.41, 5.74) is 7.86. The number of aromatic nitrogens is 1. The molecule has 1 aliphatic heterocycles. The molecule has 1 aliphatic rings. The maximum atomic E-state index is 5.62. The lowest BCUT2D eigenvalue weighted by Crippen LogP contribution is -2.37. The van der Waals surface area contributed by atoms with Crippen LogP contribution in [-0.2, 0) is 6.54 Å². The Balaban J connectivity index is 2.10. The molecule has 1 aromatic heterocycles. The van der Waals surface area contributed by atoms with E-state index in [0.717, 1.165) is 24.0 Å². The van der Waals surface area contributed by atoms with Crippen LogP contribution in [0.25, 0.3) is 0 Å². The number of thioether (sulfide) groups is 1. The van der Waals surface area contributed by atoms with E-state index in [9.17, 15) is 0 Å². The third-order valence-electron chi connectivity index (χ3n) is 2.97. The summed E-state index contributed by atoms with van der Waals surface area (Å²) < 4.78 is 0. The van der Waals surface area contributed by atoms with E-state index in [1.54, 1.807) is 0 Å². The van der Waals surface area contributed by atoms with Crippen molar-refractivity contribution in [2.24, 2.45) is 5.73 Å². The first-order valence-electron chi connectivity index (χ1n) is 5.85. The van der Waals surface area contributed by atoms with Gasteiger partial charge in [-0.1, -0.05) is 6.92 Å². The van der Waals surface area contributed by atoms with Crippen molar-refractivity contribution < 1.29 is 0 Å². The average Bonchev–Trinajstić information content (AvgIpc) is 2.39. The Labute approximate surface area is 101 Å². The van der Waals surface area contributed by atoms with Crippen LogP contribution in [0.15, 0.2) is 18.3 Å². The lowest BCUT2D eigenvalue weighted by Gasteiger charge is -2.33. The molecule has 16 heavy (non-hydrogen) atoms. The van der Waals surface area contributed by atoms with Gasteiger partial charge in [-0.05, 0) is 18.6 Å². The number of rotatable bonds is 3. The molecule has 1 atom stereocenters. The second kappa shape index (κ2) is 5.55. The minimum atomic E-state index is 0.521. The molecule has 1 aromatic rings. The van der Waals surface area contributed by atoms with E-state index in [0.29, 0.717) is 6.54 Å². The van der Waals surface area contributed by atoms with Gasteiger partial charge in [0.05, 0.1) is 5.69 Å². The number of hydrogen-bond acceptors (Lipinski definition) is 4. The van der Waals surface area contributed by atoms with Gasteiger partial charge in [-0.15, -0.1) is 0 Å². The second-order valence-corrected chi connectivity index (χ2v) is 5.46. The molecule has 0 bridgehead atoms. The zero-order chi connectivity index (χ0) is 11.4. The van der Waals surface area contributed by atoms with Crippen LogP contribution in [0, 0.1) is 0 Å². The Morgan fingerprint density at radius 2 is 2.50 bits per heavy atom. The standard InChI is InChI=1S/C12H19N3S/c1-2-12-9-15(5-6-16-12)11-3-4-14-10(7-11)8-13/h3-4,7,12H,2,5-6,8-9,13H2,1H3. The summed E-state index contributed by atoms with van der Waals surface area (Å²) in [4.78, 5) is 6.68. The molecule has 88 valence electrons. The zero-order valence-corrected chi connectivity index (χ0v) is 10.5. The van der Waals surface area contributed by atoms with Gasteiger partial charge in [0.2, 0.25) is 0 Å². The quantitative estimate of drug-likeness (QED) is 0.871. The van der Waals surface area contributed by atoms with Crippen molar-refractivity contribution in [2.75, 3.05) is 23.7 Å². The predicted octanol–water partition coefficient (Wildman–Crippen LogP) is 1.87. The van der Waals surface area contributed by atoms with Crippen molar-refractivity contribution in [2.45, 2.75) is 25.1 Å². The van der Waals surface area contributed by atoms with Crippen molar-refractivity contribution in [3.05, 3.63) is 24.0 Å². The average molecular weight is 237 g/mol. The van der Waals surface area contributed by atoms with Crippen LogP contribution >= 0.6 is 11.8 Å². The Hall–Kier alpha value is -0.740. The van der Waals surface area contributed by atoms with Gasteiger partial charge in [-0.25, -0.2) is 0 Å². The van der Waals surface area contributed by atoms with E-state index in [-0.39, 0.29) is 0 Å². The maximum absolute atomic E-state index is 5.62. The van der Waals surface area contributed by atoms with E-state index in [2.05, 4.69) is 40.7 Å². The molecule has 1 saturated heterocycles. The van der Waals surface area contributed by atoms with E-state index in [4.69, 9.17) is 5.73 Å². The molecule has 0 aromatic carbocycles. The maximum Gasteiger partial charge on any atom is 0.0560 e. The van der Waals surface area contributed by atoms with Crippen LogP contribution in [0.5, 0.6) is 0 Å². The van der Waals surface area contributed by atoms with Crippen LogP contribution in [-0.4, -0.2) is 29.1 Å². The molecule has 1 fully saturated rings. The van der Waals surface area contributed by atoms with E-state index in [1.807, 2.05) is 6.20 Å². The highest BCUT2D eigenvalue weighted by Crippen LogP contribution is 2.25. The Kier molecular flexibility index (Phi) is 4.07. The second-order valence-electron chi connectivity index (χ2n) is 4.06. The van der Waals surface area contributed by atoms with Gasteiger partial charge in [0.1, 0.15) is 0 Å². The minimum Gasteiger partial charge on any atom is -0.369 e. The van der Waals surface area contributed by atoms with Gasteiger partial charge in [0, 0.05) is 42.5 Å². The molecule has 0 amide bonds. The largest absolute Gasteiger partial charge is 0.369 e. The first kappa shape index (κ1) is 11.7. The molecular weight excluding hydrogens is 218 g/mol.